The van der Waals surface area contributed by atoms with E-state index < -0.39 is 0 Å². The predicted molar refractivity (Wildman–Crippen MR) is 78.2 cm³/mol. The van der Waals surface area contributed by atoms with Gasteiger partial charge in [0.1, 0.15) is 11.3 Å². The molecule has 0 N–H and O–H groups in total. The molecule has 8 heteroatoms. The lowest BCUT2D eigenvalue weighted by Crippen LogP contribution is -2.10. The summed E-state index contributed by atoms with van der Waals surface area (Å²) in [6.45, 7) is 7.30. The fourth-order valence-electron chi connectivity index (χ4n) is 2.48. The Kier molecular flexibility index (Phi) is 3.67. The molecule has 0 aliphatic heterocycles. The zero-order valence-corrected chi connectivity index (χ0v) is 13.1. The molecule has 21 heavy (non-hydrogen) atoms. The topological polar surface area (TPSA) is 74.6 Å². The van der Waals surface area contributed by atoms with E-state index in [2.05, 4.69) is 31.7 Å². The number of halogens is 1. The van der Waals surface area contributed by atoms with E-state index in [4.69, 9.17) is 16.1 Å². The smallest absolute Gasteiger partial charge is 0.223 e. The number of aryl methyl sites for hydroxylation is 5. The van der Waals surface area contributed by atoms with Gasteiger partial charge in [0.2, 0.25) is 5.89 Å². The fourth-order valence-corrected chi connectivity index (χ4v) is 2.69. The molecule has 0 unspecified atom stereocenters. The van der Waals surface area contributed by atoms with E-state index in [9.17, 15) is 0 Å². The maximum absolute atomic E-state index is 6.03. The quantitative estimate of drug-likeness (QED) is 0.676. The first-order valence-electron chi connectivity index (χ1n) is 6.91. The highest BCUT2D eigenvalue weighted by Crippen LogP contribution is 2.21. The van der Waals surface area contributed by atoms with Crippen LogP contribution in [0.15, 0.2) is 4.52 Å². The van der Waals surface area contributed by atoms with Crippen molar-refractivity contribution in [3.8, 4) is 0 Å². The summed E-state index contributed by atoms with van der Waals surface area (Å²) in [5.74, 6) is 2.47. The van der Waals surface area contributed by atoms with Gasteiger partial charge in [-0.2, -0.15) is 10.1 Å². The minimum atomic E-state index is 0.364. The van der Waals surface area contributed by atoms with E-state index in [0.717, 1.165) is 29.2 Å². The zero-order valence-electron chi connectivity index (χ0n) is 12.3. The summed E-state index contributed by atoms with van der Waals surface area (Å²) in [5.41, 5.74) is 2.84. The molecule has 3 heterocycles. The molecule has 3 aromatic rings. The Balaban J connectivity index is 1.99. The van der Waals surface area contributed by atoms with Gasteiger partial charge in [0.25, 0.3) is 0 Å². The molecule has 0 aromatic carbocycles. The van der Waals surface area contributed by atoms with Gasteiger partial charge in [0.15, 0.2) is 11.5 Å². The van der Waals surface area contributed by atoms with Crippen molar-refractivity contribution in [2.24, 2.45) is 0 Å². The molecule has 112 valence electrons. The predicted octanol–water partition coefficient (Wildman–Crippen LogP) is 2.23. The highest BCUT2D eigenvalue weighted by atomic mass is 35.5. The largest absolute Gasteiger partial charge is 0.340 e. The summed E-state index contributed by atoms with van der Waals surface area (Å²) in [6.07, 6.45) is 0.667. The van der Waals surface area contributed by atoms with Gasteiger partial charge < -0.3 is 9.09 Å². The molecule has 0 spiro atoms. The number of rotatable bonds is 5. The maximum Gasteiger partial charge on any atom is 0.223 e. The van der Waals surface area contributed by atoms with Crippen LogP contribution in [0.4, 0.5) is 0 Å². The molecule has 0 aliphatic rings. The Morgan fingerprint density at radius 3 is 2.67 bits per heavy atom. The third-order valence-corrected chi connectivity index (χ3v) is 3.66. The number of imidazole rings is 1. The van der Waals surface area contributed by atoms with Crippen LogP contribution < -0.4 is 0 Å². The number of hydrogen-bond acceptors (Lipinski definition) is 5. The molecule has 0 fully saturated rings. The first-order valence-corrected chi connectivity index (χ1v) is 7.45. The molecule has 3 aromatic heterocycles. The molecular formula is C13H17ClN6O. The van der Waals surface area contributed by atoms with Crippen molar-refractivity contribution in [2.45, 2.75) is 46.2 Å². The molecule has 0 atom stereocenters. The van der Waals surface area contributed by atoms with Crippen LogP contribution >= 0.6 is 11.6 Å². The standard InChI is InChI=1S/C13H17ClN6O/c1-4-20-13-12(8(2)17-20)16-11(7-14)19(13)6-5-10-15-9(3)21-18-10/h4-7H2,1-3H3. The molecule has 0 saturated heterocycles. The lowest BCUT2D eigenvalue weighted by atomic mass is 10.4. The highest BCUT2D eigenvalue weighted by molar-refractivity contribution is 6.16. The molecule has 3 rings (SSSR count). The summed E-state index contributed by atoms with van der Waals surface area (Å²) < 4.78 is 9.05. The number of aromatic nitrogens is 6. The van der Waals surface area contributed by atoms with Crippen LogP contribution in [0.3, 0.4) is 0 Å². The molecule has 0 aliphatic carbocycles. The number of hydrogen-bond donors (Lipinski definition) is 0. The van der Waals surface area contributed by atoms with Gasteiger partial charge in [-0.3, -0.25) is 0 Å². The second kappa shape index (κ2) is 5.48. The minimum Gasteiger partial charge on any atom is -0.340 e. The third kappa shape index (κ3) is 2.42. The minimum absolute atomic E-state index is 0.364. The van der Waals surface area contributed by atoms with E-state index in [0.29, 0.717) is 30.6 Å². The summed E-state index contributed by atoms with van der Waals surface area (Å²) >= 11 is 6.03. The van der Waals surface area contributed by atoms with Gasteiger partial charge in [0.05, 0.1) is 11.6 Å². The lowest BCUT2D eigenvalue weighted by molar-refractivity contribution is 0.386. The van der Waals surface area contributed by atoms with Crippen molar-refractivity contribution >= 4 is 22.8 Å². The number of alkyl halides is 1. The van der Waals surface area contributed by atoms with Crippen LogP contribution in [-0.4, -0.2) is 29.5 Å². The van der Waals surface area contributed by atoms with Crippen molar-refractivity contribution in [1.29, 1.82) is 0 Å². The Morgan fingerprint density at radius 2 is 2.05 bits per heavy atom. The maximum atomic E-state index is 6.03. The molecule has 0 bridgehead atoms. The lowest BCUT2D eigenvalue weighted by Gasteiger charge is -2.07. The monoisotopic (exact) mass is 308 g/mol. The van der Waals surface area contributed by atoms with Gasteiger partial charge in [-0.25, -0.2) is 9.67 Å². The van der Waals surface area contributed by atoms with Gasteiger partial charge in [-0.05, 0) is 13.8 Å². The van der Waals surface area contributed by atoms with Crippen molar-refractivity contribution in [3.05, 3.63) is 23.2 Å². The number of nitrogens with zero attached hydrogens (tertiary/aromatic N) is 6. The van der Waals surface area contributed by atoms with Crippen LogP contribution in [0.2, 0.25) is 0 Å². The van der Waals surface area contributed by atoms with Crippen LogP contribution in [0.25, 0.3) is 11.2 Å². The van der Waals surface area contributed by atoms with Crippen LogP contribution in [0.5, 0.6) is 0 Å². The van der Waals surface area contributed by atoms with E-state index in [1.54, 1.807) is 6.92 Å². The Labute approximate surface area is 126 Å². The Morgan fingerprint density at radius 1 is 1.24 bits per heavy atom. The average Bonchev–Trinajstić information content (AvgIpc) is 3.12. The van der Waals surface area contributed by atoms with Crippen LogP contribution in [0.1, 0.15) is 30.2 Å². The van der Waals surface area contributed by atoms with Gasteiger partial charge in [0, 0.05) is 26.4 Å². The van der Waals surface area contributed by atoms with Crippen LogP contribution in [-0.2, 0) is 25.4 Å². The highest BCUT2D eigenvalue weighted by Gasteiger charge is 2.18. The SMILES string of the molecule is CCn1nc(C)c2nc(CCl)n(CCc3noc(C)n3)c21. The molecule has 0 radical (unpaired) electrons. The van der Waals surface area contributed by atoms with Crippen molar-refractivity contribution in [1.82, 2.24) is 29.5 Å². The zero-order chi connectivity index (χ0) is 15.0. The third-order valence-electron chi connectivity index (χ3n) is 3.43. The first kappa shape index (κ1) is 14.1. The number of fused-ring (bicyclic) bond motifs is 1. The van der Waals surface area contributed by atoms with Crippen molar-refractivity contribution in [3.63, 3.8) is 0 Å². The van der Waals surface area contributed by atoms with E-state index >= 15 is 0 Å². The Hall–Kier alpha value is -1.89. The summed E-state index contributed by atoms with van der Waals surface area (Å²) in [4.78, 5) is 8.83. The second-order valence-corrected chi connectivity index (χ2v) is 5.13. The molecule has 0 saturated carbocycles. The van der Waals surface area contributed by atoms with E-state index in [1.807, 2.05) is 11.6 Å². The molecule has 0 amide bonds. The fraction of sp³-hybridized carbons (Fsp3) is 0.538. The second-order valence-electron chi connectivity index (χ2n) is 4.87. The van der Waals surface area contributed by atoms with E-state index in [-0.39, 0.29) is 0 Å². The normalized spacial score (nSPS) is 11.6. The average molecular weight is 309 g/mol. The van der Waals surface area contributed by atoms with Crippen molar-refractivity contribution < 1.29 is 4.52 Å². The van der Waals surface area contributed by atoms with Gasteiger partial charge >= 0.3 is 0 Å². The Bertz CT molecular complexity index is 771. The first-order chi connectivity index (χ1) is 10.1. The van der Waals surface area contributed by atoms with E-state index in [1.165, 1.54) is 0 Å². The van der Waals surface area contributed by atoms with Crippen molar-refractivity contribution in [2.75, 3.05) is 0 Å². The van der Waals surface area contributed by atoms with Crippen LogP contribution in [0, 0.1) is 13.8 Å². The molecular weight excluding hydrogens is 292 g/mol. The summed E-state index contributed by atoms with van der Waals surface area (Å²) in [6, 6.07) is 0. The van der Waals surface area contributed by atoms with Gasteiger partial charge in [-0.15, -0.1) is 11.6 Å². The summed E-state index contributed by atoms with van der Waals surface area (Å²) in [7, 11) is 0. The molecule has 7 nitrogen and oxygen atoms in total. The van der Waals surface area contributed by atoms with Gasteiger partial charge in [-0.1, -0.05) is 5.16 Å². The summed E-state index contributed by atoms with van der Waals surface area (Å²) in [5, 5.41) is 8.43.